The maximum atomic E-state index is 12.9. The summed E-state index contributed by atoms with van der Waals surface area (Å²) in [5.74, 6) is 1.05. The van der Waals surface area contributed by atoms with Gasteiger partial charge in [0.25, 0.3) is 0 Å². The minimum absolute atomic E-state index is 0.0211. The van der Waals surface area contributed by atoms with Gasteiger partial charge < -0.3 is 4.98 Å². The summed E-state index contributed by atoms with van der Waals surface area (Å²) in [6.45, 7) is 2.02. The number of benzene rings is 2. The van der Waals surface area contributed by atoms with E-state index in [0.29, 0.717) is 11.1 Å². The lowest BCUT2D eigenvalue weighted by Gasteiger charge is -2.30. The lowest BCUT2D eigenvalue weighted by Crippen LogP contribution is -2.36. The number of H-pyrrole nitrogens is 1. The summed E-state index contributed by atoms with van der Waals surface area (Å²) in [6, 6.07) is 17.0. The van der Waals surface area contributed by atoms with E-state index in [1.54, 1.807) is 24.3 Å². The lowest BCUT2D eigenvalue weighted by atomic mass is 9.88. The van der Waals surface area contributed by atoms with Gasteiger partial charge in [0.05, 0.1) is 0 Å². The number of aromatic amines is 1. The van der Waals surface area contributed by atoms with Crippen LogP contribution in [0.25, 0.3) is 11.4 Å². The molecule has 0 saturated carbocycles. The third kappa shape index (κ3) is 4.20. The highest BCUT2D eigenvalue weighted by molar-refractivity contribution is 5.98. The van der Waals surface area contributed by atoms with Crippen molar-refractivity contribution in [3.8, 4) is 11.4 Å². The number of imidazole rings is 1. The van der Waals surface area contributed by atoms with Crippen LogP contribution in [0.3, 0.4) is 0 Å². The molecule has 4 rings (SSSR count). The van der Waals surface area contributed by atoms with E-state index < -0.39 is 6.67 Å². The number of hydrogen-bond acceptors (Lipinski definition) is 3. The van der Waals surface area contributed by atoms with Gasteiger partial charge in [-0.25, -0.2) is 9.37 Å². The molecule has 144 valence electrons. The molecular formula is C23H24FN3O. The lowest BCUT2D eigenvalue weighted by molar-refractivity contribution is 0.0834. The van der Waals surface area contributed by atoms with E-state index >= 15 is 0 Å². The molecule has 0 spiro atoms. The zero-order chi connectivity index (χ0) is 19.3. The highest BCUT2D eigenvalue weighted by Crippen LogP contribution is 2.24. The Bertz CT molecular complexity index is 930. The number of ketones is 1. The predicted molar refractivity (Wildman–Crippen MR) is 108 cm³/mol. The van der Waals surface area contributed by atoms with E-state index in [4.69, 9.17) is 0 Å². The molecule has 1 saturated heterocycles. The molecule has 4 nitrogen and oxygen atoms in total. The van der Waals surface area contributed by atoms with E-state index in [2.05, 4.69) is 14.9 Å². The Labute approximate surface area is 164 Å². The summed E-state index contributed by atoms with van der Waals surface area (Å²) >= 11 is 0. The maximum Gasteiger partial charge on any atom is 0.166 e. The number of hydrogen-bond donors (Lipinski definition) is 1. The molecule has 1 N–H and O–H groups in total. The van der Waals surface area contributed by atoms with E-state index in [1.807, 2.05) is 36.5 Å². The summed E-state index contributed by atoms with van der Waals surface area (Å²) in [5.41, 5.74) is 3.36. The van der Waals surface area contributed by atoms with Crippen LogP contribution in [0.5, 0.6) is 0 Å². The third-order valence-corrected chi connectivity index (χ3v) is 5.39. The van der Waals surface area contributed by atoms with Gasteiger partial charge in [-0.05, 0) is 37.6 Å². The van der Waals surface area contributed by atoms with Crippen molar-refractivity contribution in [1.29, 1.82) is 0 Å². The molecule has 0 bridgehead atoms. The highest BCUT2D eigenvalue weighted by atomic mass is 19.1. The highest BCUT2D eigenvalue weighted by Gasteiger charge is 2.26. The van der Waals surface area contributed by atoms with E-state index in [1.165, 1.54) is 0 Å². The summed E-state index contributed by atoms with van der Waals surface area (Å²) in [6.07, 6.45) is 3.55. The number of halogens is 1. The first-order valence-electron chi connectivity index (χ1n) is 9.73. The van der Waals surface area contributed by atoms with Gasteiger partial charge in [-0.15, -0.1) is 0 Å². The van der Waals surface area contributed by atoms with Gasteiger partial charge in [0, 0.05) is 35.5 Å². The van der Waals surface area contributed by atoms with E-state index in [-0.39, 0.29) is 11.7 Å². The molecule has 2 heterocycles. The van der Waals surface area contributed by atoms with Crippen molar-refractivity contribution in [3.05, 3.63) is 77.6 Å². The zero-order valence-corrected chi connectivity index (χ0v) is 15.8. The number of Topliss-reactive ketones (excluding diaryl/α,β-unsaturated/α-hetero) is 1. The van der Waals surface area contributed by atoms with Gasteiger partial charge in [-0.3, -0.25) is 9.69 Å². The van der Waals surface area contributed by atoms with Crippen LogP contribution < -0.4 is 0 Å². The van der Waals surface area contributed by atoms with Crippen molar-refractivity contribution < 1.29 is 9.18 Å². The maximum absolute atomic E-state index is 12.9. The number of nitrogens with zero attached hydrogens (tertiary/aromatic N) is 2. The molecule has 0 amide bonds. The summed E-state index contributed by atoms with van der Waals surface area (Å²) in [4.78, 5) is 23.0. The van der Waals surface area contributed by atoms with E-state index in [9.17, 15) is 9.18 Å². The molecule has 0 aliphatic carbocycles. The van der Waals surface area contributed by atoms with Crippen LogP contribution in [0, 0.1) is 5.92 Å². The number of likely N-dealkylation sites (tertiary alicyclic amines) is 1. The SMILES string of the molecule is O=C(c1cccc(CF)c1)C1CCN(Cc2cnc(-c3ccccc3)[nH]2)CC1. The number of alkyl halides is 1. The Kier molecular flexibility index (Phi) is 5.63. The second kappa shape index (κ2) is 8.48. The van der Waals surface area contributed by atoms with Gasteiger partial charge in [0.2, 0.25) is 0 Å². The molecule has 2 aromatic carbocycles. The van der Waals surface area contributed by atoms with Crippen LogP contribution in [0.1, 0.15) is 34.5 Å². The molecule has 0 atom stereocenters. The summed E-state index contributed by atoms with van der Waals surface area (Å²) in [5, 5.41) is 0. The standard InChI is InChI=1S/C23H24FN3O/c24-14-17-5-4-8-20(13-17)22(28)18-9-11-27(12-10-18)16-21-15-25-23(26-21)19-6-2-1-3-7-19/h1-8,13,15,18H,9-12,14,16H2,(H,25,26). The molecular weight excluding hydrogens is 353 g/mol. The largest absolute Gasteiger partial charge is 0.341 e. The molecule has 1 aromatic heterocycles. The first kappa shape index (κ1) is 18.6. The molecule has 28 heavy (non-hydrogen) atoms. The number of aromatic nitrogens is 2. The summed E-state index contributed by atoms with van der Waals surface area (Å²) in [7, 11) is 0. The van der Waals surface area contributed by atoms with Crippen LogP contribution in [-0.4, -0.2) is 33.7 Å². The molecule has 0 unspecified atom stereocenters. The quantitative estimate of drug-likeness (QED) is 0.637. The number of rotatable bonds is 6. The number of carbonyl (C=O) groups excluding carboxylic acids is 1. The molecule has 3 aromatic rings. The van der Waals surface area contributed by atoms with Crippen molar-refractivity contribution in [2.24, 2.45) is 5.92 Å². The number of piperidine rings is 1. The van der Waals surface area contributed by atoms with Crippen molar-refractivity contribution >= 4 is 5.78 Å². The van der Waals surface area contributed by atoms with Crippen LogP contribution >= 0.6 is 0 Å². The van der Waals surface area contributed by atoms with Gasteiger partial charge >= 0.3 is 0 Å². The first-order chi connectivity index (χ1) is 13.7. The average Bonchev–Trinajstić information content (AvgIpc) is 3.23. The zero-order valence-electron chi connectivity index (χ0n) is 15.8. The first-order valence-corrected chi connectivity index (χ1v) is 9.73. The Morgan fingerprint density at radius 1 is 1.11 bits per heavy atom. The van der Waals surface area contributed by atoms with Crippen molar-refractivity contribution in [1.82, 2.24) is 14.9 Å². The normalized spacial score (nSPS) is 15.6. The third-order valence-electron chi connectivity index (χ3n) is 5.39. The summed E-state index contributed by atoms with van der Waals surface area (Å²) < 4.78 is 12.9. The topological polar surface area (TPSA) is 49.0 Å². The Morgan fingerprint density at radius 3 is 2.64 bits per heavy atom. The molecule has 1 fully saturated rings. The number of carbonyl (C=O) groups is 1. The van der Waals surface area contributed by atoms with Crippen molar-refractivity contribution in [2.75, 3.05) is 13.1 Å². The van der Waals surface area contributed by atoms with Crippen molar-refractivity contribution in [3.63, 3.8) is 0 Å². The van der Waals surface area contributed by atoms with Gasteiger partial charge in [0.1, 0.15) is 12.5 Å². The fourth-order valence-electron chi connectivity index (χ4n) is 3.82. The minimum Gasteiger partial charge on any atom is -0.341 e. The fourth-order valence-corrected chi connectivity index (χ4v) is 3.82. The number of nitrogens with one attached hydrogen (secondary N) is 1. The second-order valence-electron chi connectivity index (χ2n) is 7.37. The van der Waals surface area contributed by atoms with Gasteiger partial charge in [-0.2, -0.15) is 0 Å². The molecule has 5 heteroatoms. The average molecular weight is 377 g/mol. The smallest absolute Gasteiger partial charge is 0.166 e. The Balaban J connectivity index is 1.33. The van der Waals surface area contributed by atoms with E-state index in [0.717, 1.165) is 49.6 Å². The molecule has 0 radical (unpaired) electrons. The monoisotopic (exact) mass is 377 g/mol. The van der Waals surface area contributed by atoms with Gasteiger partial charge in [-0.1, -0.05) is 48.5 Å². The minimum atomic E-state index is -0.533. The van der Waals surface area contributed by atoms with Crippen LogP contribution in [-0.2, 0) is 13.2 Å². The van der Waals surface area contributed by atoms with Crippen molar-refractivity contribution in [2.45, 2.75) is 26.1 Å². The molecule has 1 aliphatic rings. The molecule has 1 aliphatic heterocycles. The Hall–Kier alpha value is -2.79. The second-order valence-corrected chi connectivity index (χ2v) is 7.37. The predicted octanol–water partition coefficient (Wildman–Crippen LogP) is 4.64. The Morgan fingerprint density at radius 2 is 1.89 bits per heavy atom. The van der Waals surface area contributed by atoms with Crippen LogP contribution in [0.2, 0.25) is 0 Å². The van der Waals surface area contributed by atoms with Gasteiger partial charge in [0.15, 0.2) is 5.78 Å². The van der Waals surface area contributed by atoms with Crippen LogP contribution in [0.4, 0.5) is 4.39 Å². The fraction of sp³-hybridized carbons (Fsp3) is 0.304. The van der Waals surface area contributed by atoms with Crippen LogP contribution in [0.15, 0.2) is 60.8 Å².